The lowest BCUT2D eigenvalue weighted by Crippen LogP contribution is -2.41. The second-order valence-electron chi connectivity index (χ2n) is 4.91. The van der Waals surface area contributed by atoms with E-state index in [4.69, 9.17) is 9.47 Å². The molecule has 0 radical (unpaired) electrons. The predicted octanol–water partition coefficient (Wildman–Crippen LogP) is 1.57. The molecular weight excluding hydrogens is 190 g/mol. The van der Waals surface area contributed by atoms with Crippen molar-refractivity contribution in [2.75, 3.05) is 26.3 Å². The summed E-state index contributed by atoms with van der Waals surface area (Å²) >= 11 is 0. The number of rotatable bonds is 3. The molecule has 1 aliphatic heterocycles. The van der Waals surface area contributed by atoms with Gasteiger partial charge in [-0.05, 0) is 31.6 Å². The normalized spacial score (nSPS) is 37.8. The van der Waals surface area contributed by atoms with Gasteiger partial charge in [-0.2, -0.15) is 0 Å². The maximum absolute atomic E-state index is 5.91. The average Bonchev–Trinajstić information content (AvgIpc) is 2.30. The van der Waals surface area contributed by atoms with E-state index in [2.05, 4.69) is 12.2 Å². The molecule has 0 bridgehead atoms. The molecule has 3 heteroatoms. The molecular formula is C12H23NO2. The molecule has 2 aliphatic rings. The average molecular weight is 213 g/mol. The predicted molar refractivity (Wildman–Crippen MR) is 60.0 cm³/mol. The summed E-state index contributed by atoms with van der Waals surface area (Å²) in [5.41, 5.74) is 0. The molecule has 0 spiro atoms. The molecule has 1 N–H and O–H groups in total. The monoisotopic (exact) mass is 213 g/mol. The second-order valence-corrected chi connectivity index (χ2v) is 4.91. The summed E-state index contributed by atoms with van der Waals surface area (Å²) in [5, 5.41) is 3.32. The Labute approximate surface area is 92.5 Å². The van der Waals surface area contributed by atoms with Crippen molar-refractivity contribution in [2.24, 2.45) is 5.92 Å². The molecule has 1 atom stereocenters. The third kappa shape index (κ3) is 3.74. The number of hydrogen-bond acceptors (Lipinski definition) is 3. The highest BCUT2D eigenvalue weighted by Gasteiger charge is 2.21. The Morgan fingerprint density at radius 3 is 2.73 bits per heavy atom. The van der Waals surface area contributed by atoms with Crippen LogP contribution in [0.15, 0.2) is 0 Å². The lowest BCUT2D eigenvalue weighted by atomic mass is 9.89. The topological polar surface area (TPSA) is 30.5 Å². The maximum atomic E-state index is 5.91. The minimum absolute atomic E-state index is 0.276. The van der Waals surface area contributed by atoms with Gasteiger partial charge in [-0.25, -0.2) is 0 Å². The SMILES string of the molecule is CC1CCC(OCC2CNCCO2)CC1. The highest BCUT2D eigenvalue weighted by molar-refractivity contribution is 4.72. The fourth-order valence-electron chi connectivity index (χ4n) is 2.37. The molecule has 2 fully saturated rings. The largest absolute Gasteiger partial charge is 0.375 e. The fraction of sp³-hybridized carbons (Fsp3) is 1.00. The lowest BCUT2D eigenvalue weighted by molar-refractivity contribution is -0.0655. The molecule has 3 nitrogen and oxygen atoms in total. The minimum Gasteiger partial charge on any atom is -0.375 e. The smallest absolute Gasteiger partial charge is 0.0933 e. The molecule has 2 rings (SSSR count). The van der Waals surface area contributed by atoms with E-state index in [1.54, 1.807) is 0 Å². The second kappa shape index (κ2) is 5.83. The van der Waals surface area contributed by atoms with Gasteiger partial charge in [0.15, 0.2) is 0 Å². The highest BCUT2D eigenvalue weighted by Crippen LogP contribution is 2.25. The summed E-state index contributed by atoms with van der Waals surface area (Å²) in [7, 11) is 0. The summed E-state index contributed by atoms with van der Waals surface area (Å²) in [6, 6.07) is 0. The van der Waals surface area contributed by atoms with Gasteiger partial charge >= 0.3 is 0 Å². The standard InChI is InChI=1S/C12H23NO2/c1-10-2-4-11(5-3-10)15-9-12-8-13-6-7-14-12/h10-13H,2-9H2,1H3. The van der Waals surface area contributed by atoms with E-state index in [0.29, 0.717) is 6.10 Å². The number of morpholine rings is 1. The zero-order chi connectivity index (χ0) is 10.5. The van der Waals surface area contributed by atoms with Crippen molar-refractivity contribution < 1.29 is 9.47 Å². The molecule has 1 saturated heterocycles. The molecule has 1 saturated carbocycles. The van der Waals surface area contributed by atoms with Gasteiger partial charge < -0.3 is 14.8 Å². The Balaban J connectivity index is 1.60. The maximum Gasteiger partial charge on any atom is 0.0933 e. The zero-order valence-electron chi connectivity index (χ0n) is 9.71. The summed E-state index contributed by atoms with van der Waals surface area (Å²) in [4.78, 5) is 0. The van der Waals surface area contributed by atoms with E-state index in [9.17, 15) is 0 Å². The van der Waals surface area contributed by atoms with E-state index in [1.807, 2.05) is 0 Å². The van der Waals surface area contributed by atoms with Gasteiger partial charge in [-0.1, -0.05) is 6.92 Å². The third-order valence-corrected chi connectivity index (χ3v) is 3.49. The van der Waals surface area contributed by atoms with Crippen molar-refractivity contribution in [3.63, 3.8) is 0 Å². The van der Waals surface area contributed by atoms with Crippen LogP contribution in [-0.4, -0.2) is 38.5 Å². The molecule has 0 amide bonds. The van der Waals surface area contributed by atoms with Crippen LogP contribution in [0.4, 0.5) is 0 Å². The zero-order valence-corrected chi connectivity index (χ0v) is 9.71. The van der Waals surface area contributed by atoms with Crippen molar-refractivity contribution >= 4 is 0 Å². The first-order chi connectivity index (χ1) is 7.34. The quantitative estimate of drug-likeness (QED) is 0.772. The van der Waals surface area contributed by atoms with Crippen LogP contribution in [0.3, 0.4) is 0 Å². The van der Waals surface area contributed by atoms with Crippen LogP contribution in [0.2, 0.25) is 0 Å². The molecule has 0 aromatic heterocycles. The summed E-state index contributed by atoms with van der Waals surface area (Å²) in [6.45, 7) is 5.87. The van der Waals surface area contributed by atoms with Crippen molar-refractivity contribution in [3.8, 4) is 0 Å². The van der Waals surface area contributed by atoms with E-state index in [0.717, 1.165) is 32.2 Å². The summed E-state index contributed by atoms with van der Waals surface area (Å²) in [6.07, 6.45) is 5.90. The van der Waals surface area contributed by atoms with Gasteiger partial charge in [0.05, 0.1) is 25.4 Å². The summed E-state index contributed by atoms with van der Waals surface area (Å²) < 4.78 is 11.5. The Morgan fingerprint density at radius 2 is 2.07 bits per heavy atom. The molecule has 1 heterocycles. The number of nitrogens with one attached hydrogen (secondary N) is 1. The fourth-order valence-corrected chi connectivity index (χ4v) is 2.37. The Hall–Kier alpha value is -0.120. The first kappa shape index (κ1) is 11.4. The van der Waals surface area contributed by atoms with Crippen molar-refractivity contribution in [1.29, 1.82) is 0 Å². The summed E-state index contributed by atoms with van der Waals surface area (Å²) in [5.74, 6) is 0.900. The van der Waals surface area contributed by atoms with E-state index >= 15 is 0 Å². The molecule has 88 valence electrons. The Kier molecular flexibility index (Phi) is 4.42. The van der Waals surface area contributed by atoms with E-state index < -0.39 is 0 Å². The van der Waals surface area contributed by atoms with Crippen molar-refractivity contribution in [3.05, 3.63) is 0 Å². The Bertz CT molecular complexity index is 172. The van der Waals surface area contributed by atoms with Gasteiger partial charge in [0.1, 0.15) is 0 Å². The molecule has 15 heavy (non-hydrogen) atoms. The molecule has 1 unspecified atom stereocenters. The van der Waals surface area contributed by atoms with Gasteiger partial charge in [0, 0.05) is 13.1 Å². The highest BCUT2D eigenvalue weighted by atomic mass is 16.5. The van der Waals surface area contributed by atoms with Crippen molar-refractivity contribution in [1.82, 2.24) is 5.32 Å². The molecule has 0 aromatic rings. The molecule has 1 aliphatic carbocycles. The number of hydrogen-bond donors (Lipinski definition) is 1. The van der Waals surface area contributed by atoms with Gasteiger partial charge in [-0.15, -0.1) is 0 Å². The van der Waals surface area contributed by atoms with Crippen LogP contribution >= 0.6 is 0 Å². The minimum atomic E-state index is 0.276. The van der Waals surface area contributed by atoms with E-state index in [1.165, 1.54) is 25.7 Å². The Morgan fingerprint density at radius 1 is 1.27 bits per heavy atom. The van der Waals surface area contributed by atoms with Crippen molar-refractivity contribution in [2.45, 2.75) is 44.8 Å². The van der Waals surface area contributed by atoms with Crippen LogP contribution in [0.1, 0.15) is 32.6 Å². The van der Waals surface area contributed by atoms with Crippen LogP contribution < -0.4 is 5.32 Å². The number of ether oxygens (including phenoxy) is 2. The first-order valence-electron chi connectivity index (χ1n) is 6.28. The molecule has 0 aromatic carbocycles. The van der Waals surface area contributed by atoms with Crippen LogP contribution in [0.5, 0.6) is 0 Å². The van der Waals surface area contributed by atoms with Gasteiger partial charge in [0.2, 0.25) is 0 Å². The van der Waals surface area contributed by atoms with Gasteiger partial charge in [-0.3, -0.25) is 0 Å². The first-order valence-corrected chi connectivity index (χ1v) is 6.28. The van der Waals surface area contributed by atoms with Crippen LogP contribution in [0, 0.1) is 5.92 Å². The van der Waals surface area contributed by atoms with Crippen LogP contribution in [-0.2, 0) is 9.47 Å². The lowest BCUT2D eigenvalue weighted by Gasteiger charge is -2.29. The third-order valence-electron chi connectivity index (χ3n) is 3.49. The van der Waals surface area contributed by atoms with Crippen LogP contribution in [0.25, 0.3) is 0 Å². The van der Waals surface area contributed by atoms with E-state index in [-0.39, 0.29) is 6.10 Å². The van der Waals surface area contributed by atoms with Gasteiger partial charge in [0.25, 0.3) is 0 Å².